The highest BCUT2D eigenvalue weighted by atomic mass is 16.2. The maximum atomic E-state index is 11.6. The molecule has 0 aliphatic heterocycles. The van der Waals surface area contributed by atoms with Gasteiger partial charge in [0.05, 0.1) is 0 Å². The van der Waals surface area contributed by atoms with Gasteiger partial charge in [0.1, 0.15) is 0 Å². The lowest BCUT2D eigenvalue weighted by atomic mass is 9.92. The molecule has 0 saturated heterocycles. The number of carbonyl (C=O) groups is 2. The summed E-state index contributed by atoms with van der Waals surface area (Å²) in [6, 6.07) is 0. The molecular formula is C10H21N3O2. The van der Waals surface area contributed by atoms with Crippen molar-refractivity contribution in [2.24, 2.45) is 11.3 Å². The Hall–Kier alpha value is -1.10. The molecule has 5 nitrogen and oxygen atoms in total. The summed E-state index contributed by atoms with van der Waals surface area (Å²) < 4.78 is 0. The maximum absolute atomic E-state index is 11.6. The fourth-order valence-electron chi connectivity index (χ4n) is 1.05. The van der Waals surface area contributed by atoms with Crippen molar-refractivity contribution in [2.75, 3.05) is 13.6 Å². The van der Waals surface area contributed by atoms with Crippen LogP contribution < -0.4 is 11.3 Å². The van der Waals surface area contributed by atoms with Gasteiger partial charge >= 0.3 is 0 Å². The highest BCUT2D eigenvalue weighted by Crippen LogP contribution is 2.19. The topological polar surface area (TPSA) is 75.4 Å². The average Bonchev–Trinajstić information content (AvgIpc) is 2.10. The predicted octanol–water partition coefficient (Wildman–Crippen LogP) is 0.261. The monoisotopic (exact) mass is 215 g/mol. The second-order valence-corrected chi connectivity index (χ2v) is 4.87. The zero-order valence-electron chi connectivity index (χ0n) is 9.96. The van der Waals surface area contributed by atoms with E-state index in [0.717, 1.165) is 0 Å². The van der Waals surface area contributed by atoms with E-state index >= 15 is 0 Å². The van der Waals surface area contributed by atoms with Gasteiger partial charge in [-0.3, -0.25) is 15.0 Å². The van der Waals surface area contributed by atoms with Crippen molar-refractivity contribution in [1.29, 1.82) is 0 Å². The third-order valence-electron chi connectivity index (χ3n) is 1.94. The molecule has 0 rings (SSSR count). The summed E-state index contributed by atoms with van der Waals surface area (Å²) in [5, 5.41) is 0. The lowest BCUT2D eigenvalue weighted by Crippen LogP contribution is -2.36. The van der Waals surface area contributed by atoms with Gasteiger partial charge in [-0.25, -0.2) is 5.84 Å². The molecular weight excluding hydrogens is 194 g/mol. The maximum Gasteiger partial charge on any atom is 0.235 e. The van der Waals surface area contributed by atoms with Crippen LogP contribution in [0.15, 0.2) is 0 Å². The van der Waals surface area contributed by atoms with Crippen LogP contribution in [0.5, 0.6) is 0 Å². The lowest BCUT2D eigenvalue weighted by molar-refractivity contribution is -0.132. The molecule has 0 aliphatic carbocycles. The van der Waals surface area contributed by atoms with Crippen LogP contribution in [0.25, 0.3) is 0 Å². The van der Waals surface area contributed by atoms with Gasteiger partial charge < -0.3 is 4.90 Å². The van der Waals surface area contributed by atoms with Crippen molar-refractivity contribution in [1.82, 2.24) is 10.3 Å². The number of carbonyl (C=O) groups excluding carboxylic acids is 2. The molecule has 0 spiro atoms. The fourth-order valence-corrected chi connectivity index (χ4v) is 1.05. The summed E-state index contributed by atoms with van der Waals surface area (Å²) in [4.78, 5) is 24.0. The van der Waals surface area contributed by atoms with E-state index in [-0.39, 0.29) is 23.7 Å². The van der Waals surface area contributed by atoms with E-state index < -0.39 is 0 Å². The number of hydrogen-bond donors (Lipinski definition) is 2. The number of amides is 2. The molecule has 0 radical (unpaired) electrons. The zero-order chi connectivity index (χ0) is 12.1. The van der Waals surface area contributed by atoms with Crippen LogP contribution in [0.4, 0.5) is 0 Å². The minimum atomic E-state index is -0.259. The van der Waals surface area contributed by atoms with Crippen LogP contribution >= 0.6 is 0 Å². The fraction of sp³-hybridized carbons (Fsp3) is 0.800. The number of hydrazine groups is 1. The van der Waals surface area contributed by atoms with Gasteiger partial charge in [0.15, 0.2) is 0 Å². The minimum Gasteiger partial charge on any atom is -0.345 e. The Bertz CT molecular complexity index is 233. The van der Waals surface area contributed by atoms with E-state index in [9.17, 15) is 9.59 Å². The predicted molar refractivity (Wildman–Crippen MR) is 58.7 cm³/mol. The van der Waals surface area contributed by atoms with E-state index in [4.69, 9.17) is 5.84 Å². The Kier molecular flexibility index (Phi) is 5.28. The van der Waals surface area contributed by atoms with Gasteiger partial charge in [0, 0.05) is 26.4 Å². The first-order valence-corrected chi connectivity index (χ1v) is 4.99. The number of nitrogens with two attached hydrogens (primary N) is 1. The molecule has 3 N–H and O–H groups in total. The van der Waals surface area contributed by atoms with Gasteiger partial charge in [0.2, 0.25) is 11.8 Å². The SMILES string of the molecule is CN(CCC(=O)NN)C(=O)CC(C)(C)C. The van der Waals surface area contributed by atoms with Gasteiger partial charge in [-0.15, -0.1) is 0 Å². The van der Waals surface area contributed by atoms with E-state index in [1.165, 1.54) is 0 Å². The Morgan fingerprint density at radius 1 is 1.33 bits per heavy atom. The first-order chi connectivity index (χ1) is 6.76. The van der Waals surface area contributed by atoms with E-state index in [1.807, 2.05) is 26.2 Å². The van der Waals surface area contributed by atoms with Crippen molar-refractivity contribution in [2.45, 2.75) is 33.6 Å². The number of hydrogen-bond acceptors (Lipinski definition) is 3. The van der Waals surface area contributed by atoms with Crippen molar-refractivity contribution in [3.8, 4) is 0 Å². The van der Waals surface area contributed by atoms with Crippen molar-refractivity contribution >= 4 is 11.8 Å². The molecule has 0 bridgehead atoms. The second kappa shape index (κ2) is 5.70. The lowest BCUT2D eigenvalue weighted by Gasteiger charge is -2.22. The Balaban J connectivity index is 3.95. The Morgan fingerprint density at radius 3 is 2.27 bits per heavy atom. The molecule has 0 saturated carbocycles. The van der Waals surface area contributed by atoms with E-state index in [0.29, 0.717) is 13.0 Å². The first-order valence-electron chi connectivity index (χ1n) is 4.99. The van der Waals surface area contributed by atoms with Crippen LogP contribution in [0, 0.1) is 5.41 Å². The minimum absolute atomic E-state index is 0.0263. The molecule has 0 unspecified atom stereocenters. The van der Waals surface area contributed by atoms with E-state index in [1.54, 1.807) is 11.9 Å². The Labute approximate surface area is 91.0 Å². The molecule has 0 atom stereocenters. The third kappa shape index (κ3) is 6.90. The number of rotatable bonds is 4. The van der Waals surface area contributed by atoms with Crippen LogP contribution in [0.2, 0.25) is 0 Å². The summed E-state index contributed by atoms with van der Waals surface area (Å²) in [6.45, 7) is 6.42. The Morgan fingerprint density at radius 2 is 1.87 bits per heavy atom. The average molecular weight is 215 g/mol. The molecule has 88 valence electrons. The molecule has 0 aromatic carbocycles. The van der Waals surface area contributed by atoms with Crippen molar-refractivity contribution in [3.63, 3.8) is 0 Å². The van der Waals surface area contributed by atoms with Crippen LogP contribution in [-0.2, 0) is 9.59 Å². The van der Waals surface area contributed by atoms with Gasteiger partial charge in [-0.1, -0.05) is 20.8 Å². The molecule has 0 aliphatic rings. The quantitative estimate of drug-likeness (QED) is 0.401. The molecule has 15 heavy (non-hydrogen) atoms. The highest BCUT2D eigenvalue weighted by Gasteiger charge is 2.19. The molecule has 2 amide bonds. The van der Waals surface area contributed by atoms with Crippen LogP contribution in [0.1, 0.15) is 33.6 Å². The van der Waals surface area contributed by atoms with Crippen LogP contribution in [-0.4, -0.2) is 30.3 Å². The normalized spacial score (nSPS) is 11.0. The summed E-state index contributed by atoms with van der Waals surface area (Å²) in [7, 11) is 1.69. The van der Waals surface area contributed by atoms with Gasteiger partial charge in [0.25, 0.3) is 0 Å². The first kappa shape index (κ1) is 13.9. The highest BCUT2D eigenvalue weighted by molar-refractivity contribution is 5.78. The van der Waals surface area contributed by atoms with Crippen molar-refractivity contribution in [3.05, 3.63) is 0 Å². The number of nitrogens with zero attached hydrogens (tertiary/aromatic N) is 1. The summed E-state index contributed by atoms with van der Waals surface area (Å²) in [5.74, 6) is 4.72. The van der Waals surface area contributed by atoms with Gasteiger partial charge in [-0.05, 0) is 5.41 Å². The zero-order valence-corrected chi connectivity index (χ0v) is 9.96. The second-order valence-electron chi connectivity index (χ2n) is 4.87. The smallest absolute Gasteiger partial charge is 0.235 e. The van der Waals surface area contributed by atoms with Crippen LogP contribution in [0.3, 0.4) is 0 Å². The molecule has 0 aromatic heterocycles. The summed E-state index contributed by atoms with van der Waals surface area (Å²) in [6.07, 6.45) is 0.719. The van der Waals surface area contributed by atoms with Crippen molar-refractivity contribution < 1.29 is 9.59 Å². The molecule has 0 fully saturated rings. The summed E-state index contributed by atoms with van der Waals surface area (Å²) in [5.41, 5.74) is 2.00. The molecule has 0 aromatic rings. The van der Waals surface area contributed by atoms with Gasteiger partial charge in [-0.2, -0.15) is 0 Å². The molecule has 5 heteroatoms. The van der Waals surface area contributed by atoms with E-state index in [2.05, 4.69) is 0 Å². The molecule has 0 heterocycles. The standard InChI is InChI=1S/C10H21N3O2/c1-10(2,3)7-9(15)13(4)6-5-8(14)12-11/h5-7,11H2,1-4H3,(H,12,14). The largest absolute Gasteiger partial charge is 0.345 e. The number of nitrogens with one attached hydrogen (secondary N) is 1. The summed E-state index contributed by atoms with van der Waals surface area (Å²) >= 11 is 0. The third-order valence-corrected chi connectivity index (χ3v) is 1.94.